The van der Waals surface area contributed by atoms with E-state index < -0.39 is 0 Å². The van der Waals surface area contributed by atoms with Crippen LogP contribution in [0.3, 0.4) is 0 Å². The normalized spacial score (nSPS) is 20.9. The Hall–Kier alpha value is -1.51. The summed E-state index contributed by atoms with van der Waals surface area (Å²) in [7, 11) is 0. The molecule has 1 saturated heterocycles. The van der Waals surface area contributed by atoms with E-state index in [0.29, 0.717) is 0 Å². The molecule has 0 saturated carbocycles. The summed E-state index contributed by atoms with van der Waals surface area (Å²) in [5.74, 6) is 0. The van der Waals surface area contributed by atoms with Crippen molar-refractivity contribution in [1.82, 2.24) is 10.6 Å². The van der Waals surface area contributed by atoms with Crippen LogP contribution in [0.2, 0.25) is 0 Å². The fourth-order valence-electron chi connectivity index (χ4n) is 1.53. The number of carbonyl (C=O) groups excluding carboxylic acids is 1. The van der Waals surface area contributed by atoms with E-state index in [-0.39, 0.29) is 12.1 Å². The molecule has 1 heterocycles. The molecule has 0 aliphatic carbocycles. The van der Waals surface area contributed by atoms with E-state index >= 15 is 0 Å². The molecule has 2 N–H and O–H groups in total. The quantitative estimate of drug-likeness (QED) is 0.691. The van der Waals surface area contributed by atoms with E-state index in [2.05, 4.69) is 22.8 Å². The number of benzene rings is 1. The predicted molar refractivity (Wildman–Crippen MR) is 50.5 cm³/mol. The molecule has 68 valence electrons. The molecule has 2 rings (SSSR count). The highest BCUT2D eigenvalue weighted by molar-refractivity contribution is 5.76. The Morgan fingerprint density at radius 1 is 1.31 bits per heavy atom. The molecule has 13 heavy (non-hydrogen) atoms. The van der Waals surface area contributed by atoms with E-state index in [1.54, 1.807) is 0 Å². The van der Waals surface area contributed by atoms with Crippen LogP contribution in [0, 0.1) is 0 Å². The van der Waals surface area contributed by atoms with E-state index in [1.807, 2.05) is 18.2 Å². The van der Waals surface area contributed by atoms with Gasteiger partial charge >= 0.3 is 6.03 Å². The van der Waals surface area contributed by atoms with Crippen molar-refractivity contribution >= 4 is 6.03 Å². The summed E-state index contributed by atoms with van der Waals surface area (Å²) in [5.41, 5.74) is 1.26. The highest BCUT2D eigenvalue weighted by Gasteiger charge is 2.19. The van der Waals surface area contributed by atoms with Gasteiger partial charge in [0.2, 0.25) is 0 Å². The second-order valence-corrected chi connectivity index (χ2v) is 3.24. The van der Waals surface area contributed by atoms with Crippen LogP contribution in [0.5, 0.6) is 0 Å². The molecule has 1 aliphatic rings. The fourth-order valence-corrected chi connectivity index (χ4v) is 1.53. The Labute approximate surface area is 77.1 Å². The van der Waals surface area contributed by atoms with Crippen molar-refractivity contribution in [2.45, 2.75) is 12.5 Å². The number of hydrogen-bond donors (Lipinski definition) is 2. The fraction of sp³-hybridized carbons (Fsp3) is 0.300. The van der Waals surface area contributed by atoms with Gasteiger partial charge in [0.1, 0.15) is 0 Å². The number of carbonyl (C=O) groups is 1. The van der Waals surface area contributed by atoms with Crippen LogP contribution in [0.15, 0.2) is 30.3 Å². The summed E-state index contributed by atoms with van der Waals surface area (Å²) < 4.78 is 0. The van der Waals surface area contributed by atoms with Crippen molar-refractivity contribution in [3.05, 3.63) is 35.9 Å². The summed E-state index contributed by atoms with van der Waals surface area (Å²) in [5, 5.41) is 5.59. The van der Waals surface area contributed by atoms with E-state index in [4.69, 9.17) is 0 Å². The third-order valence-electron chi connectivity index (χ3n) is 2.17. The summed E-state index contributed by atoms with van der Waals surface area (Å²) in [6.45, 7) is 0.730. The minimum Gasteiger partial charge on any atom is -0.336 e. The number of hydrogen-bond acceptors (Lipinski definition) is 1. The lowest BCUT2D eigenvalue weighted by atomic mass is 10.1. The van der Waals surface area contributed by atoms with Gasteiger partial charge in [-0.05, 0) is 12.0 Å². The Morgan fingerprint density at radius 2 is 2.08 bits per heavy atom. The molecule has 1 atom stereocenters. The number of urea groups is 1. The molecule has 0 spiro atoms. The maximum absolute atomic E-state index is 10.8. The van der Waals surface area contributed by atoms with Crippen LogP contribution in [-0.4, -0.2) is 18.6 Å². The number of rotatable bonds is 2. The van der Waals surface area contributed by atoms with Crippen LogP contribution >= 0.6 is 0 Å². The first-order valence-electron chi connectivity index (χ1n) is 4.43. The molecule has 0 aromatic heterocycles. The summed E-state index contributed by atoms with van der Waals surface area (Å²) in [4.78, 5) is 10.8. The lowest BCUT2D eigenvalue weighted by Gasteiger charge is -2.07. The lowest BCUT2D eigenvalue weighted by Crippen LogP contribution is -2.28. The highest BCUT2D eigenvalue weighted by Crippen LogP contribution is 2.04. The van der Waals surface area contributed by atoms with Crippen LogP contribution in [0.1, 0.15) is 5.56 Å². The number of amides is 2. The smallest absolute Gasteiger partial charge is 0.315 e. The second kappa shape index (κ2) is 3.47. The molecular formula is C10H12N2O. The van der Waals surface area contributed by atoms with Gasteiger partial charge in [0.15, 0.2) is 0 Å². The highest BCUT2D eigenvalue weighted by atomic mass is 16.2. The monoisotopic (exact) mass is 176 g/mol. The largest absolute Gasteiger partial charge is 0.336 e. The minimum absolute atomic E-state index is 0.0547. The zero-order valence-corrected chi connectivity index (χ0v) is 7.29. The molecular weight excluding hydrogens is 164 g/mol. The predicted octanol–water partition coefficient (Wildman–Crippen LogP) is 0.910. The minimum atomic E-state index is -0.0547. The first-order valence-corrected chi connectivity index (χ1v) is 4.43. The van der Waals surface area contributed by atoms with Gasteiger partial charge in [-0.1, -0.05) is 30.3 Å². The molecule has 3 heteroatoms. The van der Waals surface area contributed by atoms with E-state index in [0.717, 1.165) is 13.0 Å². The standard InChI is InChI=1S/C10H12N2O/c13-10-11-7-9(12-10)6-8-4-2-1-3-5-8/h1-5,9H,6-7H2,(H2,11,12,13)/t9-/m0/s1. The van der Waals surface area contributed by atoms with Crippen LogP contribution in [-0.2, 0) is 6.42 Å². The van der Waals surface area contributed by atoms with Crippen molar-refractivity contribution in [3.8, 4) is 0 Å². The Morgan fingerprint density at radius 3 is 2.69 bits per heavy atom. The molecule has 3 nitrogen and oxygen atoms in total. The van der Waals surface area contributed by atoms with Gasteiger partial charge in [0.05, 0.1) is 6.04 Å². The molecule has 1 aromatic rings. The van der Waals surface area contributed by atoms with Gasteiger partial charge in [-0.25, -0.2) is 4.79 Å². The van der Waals surface area contributed by atoms with Gasteiger partial charge in [0, 0.05) is 6.54 Å². The van der Waals surface area contributed by atoms with Gasteiger partial charge in [0.25, 0.3) is 0 Å². The second-order valence-electron chi connectivity index (χ2n) is 3.24. The average molecular weight is 176 g/mol. The maximum Gasteiger partial charge on any atom is 0.315 e. The summed E-state index contributed by atoms with van der Waals surface area (Å²) in [6.07, 6.45) is 0.902. The van der Waals surface area contributed by atoms with Gasteiger partial charge in [-0.15, -0.1) is 0 Å². The molecule has 1 fully saturated rings. The molecule has 0 bridgehead atoms. The molecule has 1 aliphatic heterocycles. The van der Waals surface area contributed by atoms with E-state index in [1.165, 1.54) is 5.56 Å². The summed E-state index contributed by atoms with van der Waals surface area (Å²) >= 11 is 0. The van der Waals surface area contributed by atoms with Gasteiger partial charge in [-0.2, -0.15) is 0 Å². The van der Waals surface area contributed by atoms with Crippen molar-refractivity contribution < 1.29 is 4.79 Å². The van der Waals surface area contributed by atoms with Crippen molar-refractivity contribution in [2.75, 3.05) is 6.54 Å². The van der Waals surface area contributed by atoms with Crippen LogP contribution in [0.4, 0.5) is 4.79 Å². The summed E-state index contributed by atoms with van der Waals surface area (Å²) in [6, 6.07) is 10.4. The Kier molecular flexibility index (Phi) is 2.17. The number of nitrogens with one attached hydrogen (secondary N) is 2. The molecule has 0 unspecified atom stereocenters. The lowest BCUT2D eigenvalue weighted by molar-refractivity contribution is 0.247. The SMILES string of the molecule is O=C1NC[C@H](Cc2ccccc2)N1. The Bertz CT molecular complexity index is 297. The molecule has 0 radical (unpaired) electrons. The first-order chi connectivity index (χ1) is 6.34. The molecule has 1 aromatic carbocycles. The third-order valence-corrected chi connectivity index (χ3v) is 2.17. The topological polar surface area (TPSA) is 41.1 Å². The van der Waals surface area contributed by atoms with Crippen LogP contribution < -0.4 is 10.6 Å². The first kappa shape index (κ1) is 8.10. The molecule has 2 amide bonds. The average Bonchev–Trinajstić information content (AvgIpc) is 2.53. The van der Waals surface area contributed by atoms with E-state index in [9.17, 15) is 4.79 Å². The Balaban J connectivity index is 1.96. The van der Waals surface area contributed by atoms with Gasteiger partial charge in [-0.3, -0.25) is 0 Å². The van der Waals surface area contributed by atoms with Crippen LogP contribution in [0.25, 0.3) is 0 Å². The van der Waals surface area contributed by atoms with Crippen molar-refractivity contribution in [3.63, 3.8) is 0 Å². The zero-order chi connectivity index (χ0) is 9.10. The van der Waals surface area contributed by atoms with Gasteiger partial charge < -0.3 is 10.6 Å². The third kappa shape index (κ3) is 1.99. The zero-order valence-electron chi connectivity index (χ0n) is 7.29. The van der Waals surface area contributed by atoms with Crippen molar-refractivity contribution in [2.24, 2.45) is 0 Å². The maximum atomic E-state index is 10.8. The van der Waals surface area contributed by atoms with Crippen molar-refractivity contribution in [1.29, 1.82) is 0 Å².